The third-order valence-corrected chi connectivity index (χ3v) is 5.24. The zero-order chi connectivity index (χ0) is 14.7. The second-order valence-electron chi connectivity index (χ2n) is 5.67. The summed E-state index contributed by atoms with van der Waals surface area (Å²) in [5.74, 6) is 5.76. The molecule has 1 saturated carbocycles. The molecule has 1 atom stereocenters. The monoisotopic (exact) mass is 396 g/mol. The Kier molecular flexibility index (Phi) is 4.92. The van der Waals surface area contributed by atoms with Crippen molar-refractivity contribution in [2.45, 2.75) is 44.2 Å². The lowest BCUT2D eigenvalue weighted by Crippen LogP contribution is -2.30. The molecule has 1 aromatic carbocycles. The molecular formula is C16H21IN4. The predicted molar refractivity (Wildman–Crippen MR) is 92.7 cm³/mol. The van der Waals surface area contributed by atoms with E-state index < -0.39 is 0 Å². The van der Waals surface area contributed by atoms with Crippen LogP contribution in [-0.4, -0.2) is 9.78 Å². The summed E-state index contributed by atoms with van der Waals surface area (Å²) >= 11 is 2.36. The van der Waals surface area contributed by atoms with Crippen LogP contribution in [0.15, 0.2) is 36.5 Å². The highest BCUT2D eigenvalue weighted by atomic mass is 127. The van der Waals surface area contributed by atoms with Crippen LogP contribution in [0.3, 0.4) is 0 Å². The van der Waals surface area contributed by atoms with E-state index in [1.165, 1.54) is 34.8 Å². The van der Waals surface area contributed by atoms with Crippen LogP contribution in [0.25, 0.3) is 0 Å². The number of hydrogen-bond donors (Lipinski definition) is 2. The van der Waals surface area contributed by atoms with Gasteiger partial charge in [-0.2, -0.15) is 5.10 Å². The van der Waals surface area contributed by atoms with Crippen molar-refractivity contribution >= 4 is 22.6 Å². The molecule has 0 amide bonds. The molecule has 1 heterocycles. The maximum absolute atomic E-state index is 5.76. The average Bonchev–Trinajstić information content (AvgIpc) is 3.16. The molecule has 4 nitrogen and oxygen atoms in total. The van der Waals surface area contributed by atoms with E-state index in [1.54, 1.807) is 0 Å². The SMILES string of the molecule is NNC(Cc1ccn(C2CCCC2)n1)c1ccccc1I. The zero-order valence-electron chi connectivity index (χ0n) is 12.0. The minimum Gasteiger partial charge on any atom is -0.271 e. The van der Waals surface area contributed by atoms with Gasteiger partial charge in [-0.25, -0.2) is 0 Å². The lowest BCUT2D eigenvalue weighted by Gasteiger charge is -2.17. The highest BCUT2D eigenvalue weighted by Crippen LogP contribution is 2.29. The summed E-state index contributed by atoms with van der Waals surface area (Å²) in [5.41, 5.74) is 5.27. The Balaban J connectivity index is 1.74. The third kappa shape index (κ3) is 3.46. The first-order valence-corrected chi connectivity index (χ1v) is 8.60. The Labute approximate surface area is 139 Å². The minimum absolute atomic E-state index is 0.102. The minimum atomic E-state index is 0.102. The second kappa shape index (κ2) is 6.89. The zero-order valence-corrected chi connectivity index (χ0v) is 14.2. The van der Waals surface area contributed by atoms with Crippen molar-refractivity contribution in [2.75, 3.05) is 0 Å². The summed E-state index contributed by atoms with van der Waals surface area (Å²) in [7, 11) is 0. The first kappa shape index (κ1) is 15.0. The van der Waals surface area contributed by atoms with Crippen LogP contribution in [0, 0.1) is 3.57 Å². The topological polar surface area (TPSA) is 55.9 Å². The van der Waals surface area contributed by atoms with Crippen molar-refractivity contribution in [2.24, 2.45) is 5.84 Å². The highest BCUT2D eigenvalue weighted by Gasteiger charge is 2.19. The molecule has 1 aliphatic carbocycles. The summed E-state index contributed by atoms with van der Waals surface area (Å²) < 4.78 is 3.37. The van der Waals surface area contributed by atoms with E-state index in [0.29, 0.717) is 6.04 Å². The van der Waals surface area contributed by atoms with Gasteiger partial charge in [-0.3, -0.25) is 16.0 Å². The Morgan fingerprint density at radius 2 is 2.05 bits per heavy atom. The fraction of sp³-hybridized carbons (Fsp3) is 0.438. The molecule has 1 aliphatic rings. The first-order valence-electron chi connectivity index (χ1n) is 7.52. The molecular weight excluding hydrogens is 375 g/mol. The van der Waals surface area contributed by atoms with Gasteiger partial charge in [-0.05, 0) is 53.1 Å². The molecule has 112 valence electrons. The number of nitrogens with zero attached hydrogens (tertiary/aromatic N) is 2. The molecule has 0 aliphatic heterocycles. The van der Waals surface area contributed by atoms with E-state index >= 15 is 0 Å². The summed E-state index contributed by atoms with van der Waals surface area (Å²) in [6, 6.07) is 11.2. The van der Waals surface area contributed by atoms with Crippen molar-refractivity contribution in [3.63, 3.8) is 0 Å². The maximum atomic E-state index is 5.76. The number of benzene rings is 1. The molecule has 3 N–H and O–H groups in total. The summed E-state index contributed by atoms with van der Waals surface area (Å²) in [4.78, 5) is 0. The van der Waals surface area contributed by atoms with Gasteiger partial charge in [0.1, 0.15) is 0 Å². The van der Waals surface area contributed by atoms with Gasteiger partial charge in [0.15, 0.2) is 0 Å². The van der Waals surface area contributed by atoms with E-state index in [2.05, 4.69) is 63.2 Å². The van der Waals surface area contributed by atoms with Gasteiger partial charge < -0.3 is 0 Å². The highest BCUT2D eigenvalue weighted by molar-refractivity contribution is 14.1. The molecule has 3 rings (SSSR count). The van der Waals surface area contributed by atoms with Gasteiger partial charge in [0, 0.05) is 16.2 Å². The molecule has 0 radical (unpaired) electrons. The number of nitrogens with two attached hydrogens (primary N) is 1. The van der Waals surface area contributed by atoms with Gasteiger partial charge in [-0.15, -0.1) is 0 Å². The largest absolute Gasteiger partial charge is 0.271 e. The molecule has 0 saturated heterocycles. The van der Waals surface area contributed by atoms with Crippen LogP contribution in [0.1, 0.15) is 49.0 Å². The summed E-state index contributed by atoms with van der Waals surface area (Å²) in [6.07, 6.45) is 8.11. The van der Waals surface area contributed by atoms with E-state index in [0.717, 1.165) is 12.1 Å². The lowest BCUT2D eigenvalue weighted by atomic mass is 10.0. The van der Waals surface area contributed by atoms with Gasteiger partial charge in [0.05, 0.1) is 17.8 Å². The van der Waals surface area contributed by atoms with Crippen molar-refractivity contribution < 1.29 is 0 Å². The van der Waals surface area contributed by atoms with E-state index in [-0.39, 0.29) is 6.04 Å². The quantitative estimate of drug-likeness (QED) is 0.463. The Hall–Kier alpha value is -0.920. The average molecular weight is 396 g/mol. The molecule has 1 fully saturated rings. The Morgan fingerprint density at radius 3 is 2.76 bits per heavy atom. The fourth-order valence-electron chi connectivity index (χ4n) is 3.08. The molecule has 1 unspecified atom stereocenters. The molecule has 1 aromatic heterocycles. The number of hydrogen-bond acceptors (Lipinski definition) is 3. The standard InChI is InChI=1S/C16H21IN4/c17-15-8-4-3-7-14(15)16(19-18)11-12-9-10-21(20-12)13-5-1-2-6-13/h3-4,7-10,13,16,19H,1-2,5-6,11,18H2. The first-order chi connectivity index (χ1) is 10.3. The van der Waals surface area contributed by atoms with Crippen LogP contribution in [0.4, 0.5) is 0 Å². The fourth-order valence-corrected chi connectivity index (χ4v) is 3.85. The van der Waals surface area contributed by atoms with Crippen molar-refractivity contribution in [1.82, 2.24) is 15.2 Å². The number of halogens is 1. The van der Waals surface area contributed by atoms with Crippen LogP contribution < -0.4 is 11.3 Å². The van der Waals surface area contributed by atoms with E-state index in [4.69, 9.17) is 10.9 Å². The van der Waals surface area contributed by atoms with Crippen LogP contribution >= 0.6 is 22.6 Å². The van der Waals surface area contributed by atoms with Crippen LogP contribution in [0.5, 0.6) is 0 Å². The number of aromatic nitrogens is 2. The molecule has 21 heavy (non-hydrogen) atoms. The summed E-state index contributed by atoms with van der Waals surface area (Å²) in [5, 5.41) is 4.75. The van der Waals surface area contributed by atoms with Crippen molar-refractivity contribution in [1.29, 1.82) is 0 Å². The molecule has 5 heteroatoms. The second-order valence-corrected chi connectivity index (χ2v) is 6.83. The predicted octanol–water partition coefficient (Wildman–Crippen LogP) is 3.35. The van der Waals surface area contributed by atoms with Crippen LogP contribution in [0.2, 0.25) is 0 Å². The van der Waals surface area contributed by atoms with Crippen molar-refractivity contribution in [3.05, 3.63) is 51.4 Å². The van der Waals surface area contributed by atoms with Gasteiger partial charge in [-0.1, -0.05) is 31.0 Å². The molecule has 2 aromatic rings. The van der Waals surface area contributed by atoms with E-state index in [1.807, 2.05) is 6.07 Å². The third-order valence-electron chi connectivity index (χ3n) is 4.26. The Bertz CT molecular complexity index is 589. The smallest absolute Gasteiger partial charge is 0.0644 e. The molecule has 0 spiro atoms. The lowest BCUT2D eigenvalue weighted by molar-refractivity contribution is 0.457. The van der Waals surface area contributed by atoms with E-state index in [9.17, 15) is 0 Å². The van der Waals surface area contributed by atoms with Crippen LogP contribution in [-0.2, 0) is 6.42 Å². The number of nitrogens with one attached hydrogen (secondary N) is 1. The van der Waals surface area contributed by atoms with Gasteiger partial charge in [0.2, 0.25) is 0 Å². The normalized spacial score (nSPS) is 17.2. The number of rotatable bonds is 5. The van der Waals surface area contributed by atoms with Crippen molar-refractivity contribution in [3.8, 4) is 0 Å². The maximum Gasteiger partial charge on any atom is 0.0644 e. The number of hydrazine groups is 1. The summed E-state index contributed by atoms with van der Waals surface area (Å²) in [6.45, 7) is 0. The molecule has 0 bridgehead atoms. The Morgan fingerprint density at radius 1 is 1.29 bits per heavy atom. The van der Waals surface area contributed by atoms with Gasteiger partial charge >= 0.3 is 0 Å². The van der Waals surface area contributed by atoms with Gasteiger partial charge in [0.25, 0.3) is 0 Å².